The maximum atomic E-state index is 11.5. The number of hydrogen-bond donors (Lipinski definition) is 1. The van der Waals surface area contributed by atoms with Crippen LogP contribution in [0.4, 0.5) is 0 Å². The second kappa shape index (κ2) is 3.23. The van der Waals surface area contributed by atoms with E-state index in [9.17, 15) is 4.79 Å². The van der Waals surface area contributed by atoms with E-state index in [-0.39, 0.29) is 5.78 Å². The molecule has 72 valence electrons. The number of Topliss-reactive ketones (excluding diaryl/α,β-unsaturated/α-hetero) is 1. The van der Waals surface area contributed by atoms with Crippen LogP contribution in [0.2, 0.25) is 0 Å². The topological polar surface area (TPSA) is 69.1 Å². The van der Waals surface area contributed by atoms with Crippen LogP contribution in [-0.2, 0) is 0 Å². The second-order valence-electron chi connectivity index (χ2n) is 3.24. The number of hydrogen-bond acceptors (Lipinski definition) is 4. The monoisotopic (exact) mass is 190 g/mol. The molecule has 1 aromatic heterocycles. The smallest absolute Gasteiger partial charge is 0.179 e. The summed E-state index contributed by atoms with van der Waals surface area (Å²) < 4.78 is 4.77. The van der Waals surface area contributed by atoms with Gasteiger partial charge in [0.1, 0.15) is 11.8 Å². The molecule has 0 saturated carbocycles. The molecular formula is C10H10N2O2. The van der Waals surface area contributed by atoms with E-state index in [1.807, 2.05) is 0 Å². The average molecular weight is 190 g/mol. The van der Waals surface area contributed by atoms with Gasteiger partial charge < -0.3 is 10.3 Å². The summed E-state index contributed by atoms with van der Waals surface area (Å²) in [5.41, 5.74) is 6.74. The Bertz CT molecular complexity index is 474. The first-order valence-electron chi connectivity index (χ1n) is 4.32. The van der Waals surface area contributed by atoms with Gasteiger partial charge in [-0.05, 0) is 19.1 Å². The highest BCUT2D eigenvalue weighted by molar-refractivity contribution is 6.02. The largest absolute Gasteiger partial charge is 0.364 e. The molecule has 0 aliphatic carbocycles. The molecule has 2 aromatic rings. The maximum Gasteiger partial charge on any atom is 0.179 e. The summed E-state index contributed by atoms with van der Waals surface area (Å²) in [6, 6.07) is 4.72. The number of rotatable bonds is 2. The molecule has 0 bridgehead atoms. The molecule has 2 rings (SSSR count). The first-order valence-corrected chi connectivity index (χ1v) is 4.32. The maximum absolute atomic E-state index is 11.5. The molecule has 0 spiro atoms. The van der Waals surface area contributed by atoms with Crippen molar-refractivity contribution in [3.63, 3.8) is 0 Å². The summed E-state index contributed by atoms with van der Waals surface area (Å²) in [5, 5.41) is 4.63. The summed E-state index contributed by atoms with van der Waals surface area (Å²) in [6.45, 7) is 1.66. The first-order chi connectivity index (χ1) is 6.68. The third kappa shape index (κ3) is 1.40. The van der Waals surface area contributed by atoms with E-state index in [1.165, 1.54) is 6.26 Å². The van der Waals surface area contributed by atoms with Crippen molar-refractivity contribution < 1.29 is 9.32 Å². The van der Waals surface area contributed by atoms with Crippen LogP contribution in [-0.4, -0.2) is 17.0 Å². The van der Waals surface area contributed by atoms with Gasteiger partial charge >= 0.3 is 0 Å². The van der Waals surface area contributed by atoms with Gasteiger partial charge in [0, 0.05) is 10.9 Å². The number of carbonyl (C=O) groups is 1. The highest BCUT2D eigenvalue weighted by atomic mass is 16.5. The Balaban J connectivity index is 2.48. The summed E-state index contributed by atoms with van der Waals surface area (Å²) >= 11 is 0. The standard InChI is InChI=1S/C10H10N2O2/c1-6(11)10(13)7-2-3-8-5-14-12-9(8)4-7/h2-6H,11H2,1H3. The van der Waals surface area contributed by atoms with Crippen molar-refractivity contribution in [3.05, 3.63) is 30.0 Å². The molecule has 1 unspecified atom stereocenters. The van der Waals surface area contributed by atoms with E-state index in [1.54, 1.807) is 25.1 Å². The third-order valence-electron chi connectivity index (χ3n) is 2.06. The number of benzene rings is 1. The molecular weight excluding hydrogens is 180 g/mol. The van der Waals surface area contributed by atoms with Crippen molar-refractivity contribution in [1.82, 2.24) is 5.16 Å². The number of aromatic nitrogens is 1. The molecule has 1 atom stereocenters. The molecule has 1 aromatic carbocycles. The molecule has 4 heteroatoms. The predicted octanol–water partition coefficient (Wildman–Crippen LogP) is 1.36. The van der Waals surface area contributed by atoms with Crippen LogP contribution in [0.25, 0.3) is 10.9 Å². The predicted molar refractivity (Wildman–Crippen MR) is 52.0 cm³/mol. The number of nitrogens with zero attached hydrogens (tertiary/aromatic N) is 1. The molecule has 1 heterocycles. The lowest BCUT2D eigenvalue weighted by Gasteiger charge is -2.02. The zero-order valence-corrected chi connectivity index (χ0v) is 7.73. The lowest BCUT2D eigenvalue weighted by molar-refractivity contribution is 0.0968. The first kappa shape index (κ1) is 8.90. The van der Waals surface area contributed by atoms with Gasteiger partial charge in [-0.15, -0.1) is 0 Å². The van der Waals surface area contributed by atoms with Gasteiger partial charge in [0.05, 0.1) is 6.04 Å². The molecule has 0 radical (unpaired) electrons. The fourth-order valence-corrected chi connectivity index (χ4v) is 1.28. The van der Waals surface area contributed by atoms with Crippen molar-refractivity contribution in [3.8, 4) is 0 Å². The fourth-order valence-electron chi connectivity index (χ4n) is 1.28. The van der Waals surface area contributed by atoms with E-state index in [2.05, 4.69) is 5.16 Å². The van der Waals surface area contributed by atoms with Crippen LogP contribution in [0.3, 0.4) is 0 Å². The number of nitrogens with two attached hydrogens (primary N) is 1. The Morgan fingerprint density at radius 3 is 3.07 bits per heavy atom. The summed E-state index contributed by atoms with van der Waals surface area (Å²) in [6.07, 6.45) is 1.54. The minimum atomic E-state index is -0.487. The highest BCUT2D eigenvalue weighted by Crippen LogP contribution is 2.14. The highest BCUT2D eigenvalue weighted by Gasteiger charge is 2.11. The minimum absolute atomic E-state index is 0.0881. The van der Waals surface area contributed by atoms with Crippen LogP contribution >= 0.6 is 0 Å². The van der Waals surface area contributed by atoms with Crippen molar-refractivity contribution >= 4 is 16.7 Å². The summed E-state index contributed by atoms with van der Waals surface area (Å²) in [7, 11) is 0. The van der Waals surface area contributed by atoms with E-state index in [4.69, 9.17) is 10.3 Å². The Morgan fingerprint density at radius 1 is 1.57 bits per heavy atom. The van der Waals surface area contributed by atoms with Crippen LogP contribution in [0.15, 0.2) is 29.0 Å². The minimum Gasteiger partial charge on any atom is -0.364 e. The zero-order valence-electron chi connectivity index (χ0n) is 7.73. The Hall–Kier alpha value is -1.68. The van der Waals surface area contributed by atoms with Crippen LogP contribution in [0, 0.1) is 0 Å². The summed E-state index contributed by atoms with van der Waals surface area (Å²) in [4.78, 5) is 11.5. The normalized spacial score (nSPS) is 13.0. The van der Waals surface area contributed by atoms with Crippen molar-refractivity contribution in [2.45, 2.75) is 13.0 Å². The van der Waals surface area contributed by atoms with Crippen molar-refractivity contribution in [2.24, 2.45) is 5.73 Å². The molecule has 0 fully saturated rings. The van der Waals surface area contributed by atoms with Gasteiger partial charge in [0.25, 0.3) is 0 Å². The van der Waals surface area contributed by atoms with Gasteiger partial charge in [-0.3, -0.25) is 4.79 Å². The molecule has 0 aliphatic rings. The van der Waals surface area contributed by atoms with Gasteiger partial charge in [-0.1, -0.05) is 11.2 Å². The Morgan fingerprint density at radius 2 is 2.36 bits per heavy atom. The fraction of sp³-hybridized carbons (Fsp3) is 0.200. The number of fused-ring (bicyclic) bond motifs is 1. The molecule has 2 N–H and O–H groups in total. The van der Waals surface area contributed by atoms with Crippen LogP contribution in [0.5, 0.6) is 0 Å². The molecule has 0 amide bonds. The van der Waals surface area contributed by atoms with E-state index < -0.39 is 6.04 Å². The SMILES string of the molecule is CC(N)C(=O)c1ccc2conc2c1. The van der Waals surface area contributed by atoms with Gasteiger partial charge in [0.15, 0.2) is 5.78 Å². The molecule has 14 heavy (non-hydrogen) atoms. The van der Waals surface area contributed by atoms with Gasteiger partial charge in [0.2, 0.25) is 0 Å². The quantitative estimate of drug-likeness (QED) is 0.726. The number of ketones is 1. The lowest BCUT2D eigenvalue weighted by atomic mass is 10.1. The van der Waals surface area contributed by atoms with Crippen LogP contribution < -0.4 is 5.73 Å². The molecule has 0 saturated heterocycles. The number of carbonyl (C=O) groups excluding carboxylic acids is 1. The average Bonchev–Trinajstić information content (AvgIpc) is 2.62. The summed E-state index contributed by atoms with van der Waals surface area (Å²) in [5.74, 6) is -0.0881. The Labute approximate surface area is 80.7 Å². The van der Waals surface area contributed by atoms with Gasteiger partial charge in [-0.25, -0.2) is 0 Å². The van der Waals surface area contributed by atoms with Crippen molar-refractivity contribution in [1.29, 1.82) is 0 Å². The van der Waals surface area contributed by atoms with Crippen molar-refractivity contribution in [2.75, 3.05) is 0 Å². The third-order valence-corrected chi connectivity index (χ3v) is 2.06. The Kier molecular flexibility index (Phi) is 2.05. The zero-order chi connectivity index (χ0) is 10.1. The van der Waals surface area contributed by atoms with E-state index >= 15 is 0 Å². The van der Waals surface area contributed by atoms with E-state index in [0.29, 0.717) is 11.1 Å². The second-order valence-corrected chi connectivity index (χ2v) is 3.24. The molecule has 4 nitrogen and oxygen atoms in total. The lowest BCUT2D eigenvalue weighted by Crippen LogP contribution is -2.26. The van der Waals surface area contributed by atoms with Crippen LogP contribution in [0.1, 0.15) is 17.3 Å². The molecule has 0 aliphatic heterocycles. The van der Waals surface area contributed by atoms with E-state index in [0.717, 1.165) is 5.39 Å². The van der Waals surface area contributed by atoms with Gasteiger partial charge in [-0.2, -0.15) is 0 Å².